The molecule has 0 unspecified atom stereocenters. The lowest BCUT2D eigenvalue weighted by Gasteiger charge is -2.06. The van der Waals surface area contributed by atoms with Crippen molar-refractivity contribution in [2.75, 3.05) is 26.9 Å². The fraction of sp³-hybridized carbons (Fsp3) is 0.273. The van der Waals surface area contributed by atoms with Crippen LogP contribution >= 0.6 is 0 Å². The highest BCUT2D eigenvalue weighted by atomic mass is 16.6. The lowest BCUT2D eigenvalue weighted by Crippen LogP contribution is -2.14. The lowest BCUT2D eigenvalue weighted by molar-refractivity contribution is -0.145. The SMILES string of the molecule is CCOC(=O)COc1ccc2oc(-c3ccc(OC)cc3)c(C(=O)OCC)c2c1. The fourth-order valence-corrected chi connectivity index (χ4v) is 2.86. The molecule has 1 aromatic heterocycles. The van der Waals surface area contributed by atoms with E-state index in [1.807, 2.05) is 0 Å². The Kier molecular flexibility index (Phi) is 6.39. The number of fused-ring (bicyclic) bond motifs is 1. The van der Waals surface area contributed by atoms with E-state index in [-0.39, 0.29) is 19.8 Å². The van der Waals surface area contributed by atoms with Crippen molar-refractivity contribution < 1.29 is 33.0 Å². The molecule has 152 valence electrons. The van der Waals surface area contributed by atoms with Gasteiger partial charge in [0.15, 0.2) is 6.61 Å². The molecule has 3 rings (SSSR count). The van der Waals surface area contributed by atoms with Crippen molar-refractivity contribution in [3.8, 4) is 22.8 Å². The maximum Gasteiger partial charge on any atom is 0.344 e. The van der Waals surface area contributed by atoms with Gasteiger partial charge in [0.1, 0.15) is 28.4 Å². The quantitative estimate of drug-likeness (QED) is 0.525. The van der Waals surface area contributed by atoms with Crippen molar-refractivity contribution in [3.63, 3.8) is 0 Å². The summed E-state index contributed by atoms with van der Waals surface area (Å²) in [7, 11) is 1.58. The number of hydrogen-bond donors (Lipinski definition) is 0. The Balaban J connectivity index is 2.02. The smallest absolute Gasteiger partial charge is 0.344 e. The van der Waals surface area contributed by atoms with Crippen LogP contribution in [0.1, 0.15) is 24.2 Å². The van der Waals surface area contributed by atoms with Gasteiger partial charge in [0.2, 0.25) is 0 Å². The van der Waals surface area contributed by atoms with Crippen molar-refractivity contribution in [1.29, 1.82) is 0 Å². The minimum absolute atomic E-state index is 0.225. The number of benzene rings is 2. The van der Waals surface area contributed by atoms with Crippen LogP contribution in [-0.2, 0) is 14.3 Å². The predicted molar refractivity (Wildman–Crippen MR) is 106 cm³/mol. The van der Waals surface area contributed by atoms with Crippen molar-refractivity contribution in [1.82, 2.24) is 0 Å². The molecule has 0 saturated heterocycles. The minimum Gasteiger partial charge on any atom is -0.497 e. The molecule has 0 aliphatic heterocycles. The second-order valence-electron chi connectivity index (χ2n) is 6.01. The van der Waals surface area contributed by atoms with Gasteiger partial charge in [0.05, 0.1) is 20.3 Å². The van der Waals surface area contributed by atoms with Crippen molar-refractivity contribution in [3.05, 3.63) is 48.0 Å². The molecule has 0 saturated carbocycles. The minimum atomic E-state index is -0.500. The summed E-state index contributed by atoms with van der Waals surface area (Å²) in [4.78, 5) is 24.2. The lowest BCUT2D eigenvalue weighted by atomic mass is 10.1. The topological polar surface area (TPSA) is 84.2 Å². The standard InChI is InChI=1S/C22H22O7/c1-4-26-19(23)13-28-16-10-11-18-17(12-16)20(22(24)27-5-2)21(29-18)14-6-8-15(25-3)9-7-14/h6-12H,4-5,13H2,1-3H3. The number of carbonyl (C=O) groups excluding carboxylic acids is 2. The van der Waals surface area contributed by atoms with Crippen LogP contribution < -0.4 is 9.47 Å². The van der Waals surface area contributed by atoms with E-state index in [2.05, 4.69) is 0 Å². The molecule has 0 fully saturated rings. The molecule has 7 heteroatoms. The van der Waals surface area contributed by atoms with Crippen molar-refractivity contribution in [2.45, 2.75) is 13.8 Å². The third kappa shape index (κ3) is 4.51. The van der Waals surface area contributed by atoms with Gasteiger partial charge in [-0.3, -0.25) is 0 Å². The largest absolute Gasteiger partial charge is 0.497 e. The number of methoxy groups -OCH3 is 1. The van der Waals surface area contributed by atoms with Crippen LogP contribution in [0.4, 0.5) is 0 Å². The van der Waals surface area contributed by atoms with Gasteiger partial charge in [0.25, 0.3) is 0 Å². The van der Waals surface area contributed by atoms with E-state index in [1.54, 1.807) is 63.4 Å². The molecule has 0 spiro atoms. The normalized spacial score (nSPS) is 10.6. The molecule has 0 N–H and O–H groups in total. The molecule has 0 atom stereocenters. The van der Waals surface area contributed by atoms with Crippen LogP contribution in [0.2, 0.25) is 0 Å². The maximum atomic E-state index is 12.7. The first-order valence-corrected chi connectivity index (χ1v) is 9.23. The predicted octanol–water partition coefficient (Wildman–Crippen LogP) is 4.23. The van der Waals surface area contributed by atoms with E-state index in [4.69, 9.17) is 23.4 Å². The Morgan fingerprint density at radius 3 is 2.28 bits per heavy atom. The molecule has 0 aliphatic rings. The zero-order chi connectivity index (χ0) is 20.8. The van der Waals surface area contributed by atoms with Crippen LogP contribution in [0.15, 0.2) is 46.9 Å². The molecular weight excluding hydrogens is 376 g/mol. The number of hydrogen-bond acceptors (Lipinski definition) is 7. The van der Waals surface area contributed by atoms with E-state index >= 15 is 0 Å². The molecule has 0 radical (unpaired) electrons. The second-order valence-corrected chi connectivity index (χ2v) is 6.01. The first-order valence-electron chi connectivity index (χ1n) is 9.23. The summed E-state index contributed by atoms with van der Waals surface area (Å²) < 4.78 is 26.7. The van der Waals surface area contributed by atoms with Gasteiger partial charge in [-0.15, -0.1) is 0 Å². The van der Waals surface area contributed by atoms with E-state index in [0.29, 0.717) is 39.4 Å². The third-order valence-corrected chi connectivity index (χ3v) is 4.15. The Morgan fingerprint density at radius 1 is 0.931 bits per heavy atom. The summed E-state index contributed by atoms with van der Waals surface area (Å²) in [5.41, 5.74) is 1.51. The summed E-state index contributed by atoms with van der Waals surface area (Å²) in [6.45, 7) is 3.74. The third-order valence-electron chi connectivity index (χ3n) is 4.15. The van der Waals surface area contributed by atoms with Gasteiger partial charge < -0.3 is 23.4 Å². The van der Waals surface area contributed by atoms with Gasteiger partial charge in [0, 0.05) is 10.9 Å². The number of carbonyl (C=O) groups is 2. The number of esters is 2. The van der Waals surface area contributed by atoms with Crippen molar-refractivity contribution in [2.24, 2.45) is 0 Å². The van der Waals surface area contributed by atoms with Crippen LogP contribution in [0.5, 0.6) is 11.5 Å². The first kappa shape index (κ1) is 20.3. The summed E-state index contributed by atoms with van der Waals surface area (Å²) in [5.74, 6) is 0.531. The second kappa shape index (κ2) is 9.14. The highest BCUT2D eigenvalue weighted by molar-refractivity contribution is 6.09. The first-order chi connectivity index (χ1) is 14.1. The van der Waals surface area contributed by atoms with Gasteiger partial charge in [-0.25, -0.2) is 9.59 Å². The van der Waals surface area contributed by atoms with Crippen LogP contribution in [-0.4, -0.2) is 38.9 Å². The van der Waals surface area contributed by atoms with Crippen molar-refractivity contribution >= 4 is 22.9 Å². The van der Waals surface area contributed by atoms with E-state index in [1.165, 1.54) is 0 Å². The average molecular weight is 398 g/mol. The number of furan rings is 1. The van der Waals surface area contributed by atoms with Gasteiger partial charge in [-0.2, -0.15) is 0 Å². The van der Waals surface area contributed by atoms with Crippen LogP contribution in [0.25, 0.3) is 22.3 Å². The Hall–Kier alpha value is -3.48. The molecule has 0 amide bonds. The van der Waals surface area contributed by atoms with Crippen LogP contribution in [0, 0.1) is 0 Å². The van der Waals surface area contributed by atoms with E-state index < -0.39 is 11.9 Å². The summed E-state index contributed by atoms with van der Waals surface area (Å²) in [5, 5.41) is 0.538. The molecule has 0 bridgehead atoms. The molecular formula is C22H22O7. The van der Waals surface area contributed by atoms with Gasteiger partial charge in [-0.1, -0.05) is 0 Å². The molecule has 1 heterocycles. The maximum absolute atomic E-state index is 12.7. The molecule has 29 heavy (non-hydrogen) atoms. The summed E-state index contributed by atoms with van der Waals surface area (Å²) in [6, 6.07) is 12.2. The zero-order valence-corrected chi connectivity index (χ0v) is 16.5. The van der Waals surface area contributed by atoms with E-state index in [9.17, 15) is 9.59 Å². The zero-order valence-electron chi connectivity index (χ0n) is 16.5. The highest BCUT2D eigenvalue weighted by Crippen LogP contribution is 2.36. The monoisotopic (exact) mass is 398 g/mol. The Bertz CT molecular complexity index is 1000. The fourth-order valence-electron chi connectivity index (χ4n) is 2.86. The molecule has 7 nitrogen and oxygen atoms in total. The van der Waals surface area contributed by atoms with Gasteiger partial charge >= 0.3 is 11.9 Å². The Labute approximate surface area is 168 Å². The van der Waals surface area contributed by atoms with E-state index in [0.717, 1.165) is 0 Å². The molecule has 0 aliphatic carbocycles. The number of rotatable bonds is 8. The highest BCUT2D eigenvalue weighted by Gasteiger charge is 2.24. The summed E-state index contributed by atoms with van der Waals surface area (Å²) in [6.07, 6.45) is 0. The van der Waals surface area contributed by atoms with Crippen LogP contribution in [0.3, 0.4) is 0 Å². The average Bonchev–Trinajstić information content (AvgIpc) is 3.11. The Morgan fingerprint density at radius 2 is 1.62 bits per heavy atom. The molecule has 3 aromatic rings. The molecule has 2 aromatic carbocycles. The number of ether oxygens (including phenoxy) is 4. The van der Waals surface area contributed by atoms with Gasteiger partial charge in [-0.05, 0) is 56.3 Å². The summed E-state index contributed by atoms with van der Waals surface area (Å²) >= 11 is 0.